The fraction of sp³-hybridized carbons (Fsp3) is 0.625. The summed E-state index contributed by atoms with van der Waals surface area (Å²) in [6, 6.07) is 1.73. The Morgan fingerprint density at radius 1 is 1.24 bits per heavy atom. The van der Waals surface area contributed by atoms with E-state index in [1.807, 2.05) is 0 Å². The van der Waals surface area contributed by atoms with Gasteiger partial charge in [-0.2, -0.15) is 8.42 Å². The molecule has 142 valence electrons. The molecule has 25 heavy (non-hydrogen) atoms. The van der Waals surface area contributed by atoms with E-state index >= 15 is 0 Å². The summed E-state index contributed by atoms with van der Waals surface area (Å²) in [5.74, 6) is 0.429. The van der Waals surface area contributed by atoms with Crippen LogP contribution in [-0.4, -0.2) is 51.6 Å². The molecule has 0 atom stereocenters. The summed E-state index contributed by atoms with van der Waals surface area (Å²) in [7, 11) is -1.99. The fourth-order valence-corrected chi connectivity index (χ4v) is 2.38. The molecule has 0 radical (unpaired) electrons. The van der Waals surface area contributed by atoms with E-state index in [4.69, 9.17) is 13.7 Å². The minimum atomic E-state index is -3.49. The molecule has 1 N–H and O–H groups in total. The molecule has 1 heterocycles. The number of rotatable bonds is 8. The first-order chi connectivity index (χ1) is 11.5. The number of hydrogen-bond acceptors (Lipinski definition) is 7. The highest BCUT2D eigenvalue weighted by atomic mass is 32.2. The zero-order valence-electron chi connectivity index (χ0n) is 15.3. The van der Waals surface area contributed by atoms with Crippen molar-refractivity contribution in [2.24, 2.45) is 0 Å². The lowest BCUT2D eigenvalue weighted by Crippen LogP contribution is -2.33. The molecule has 1 aromatic rings. The van der Waals surface area contributed by atoms with Gasteiger partial charge in [-0.1, -0.05) is 0 Å². The van der Waals surface area contributed by atoms with Crippen LogP contribution in [0.25, 0.3) is 0 Å². The van der Waals surface area contributed by atoms with E-state index < -0.39 is 21.8 Å². The topological polar surface area (TPSA) is 104 Å². The number of pyridine rings is 1. The summed E-state index contributed by atoms with van der Waals surface area (Å²) in [6.45, 7) is 5.76. The summed E-state index contributed by atoms with van der Waals surface area (Å²) in [4.78, 5) is 15.8. The Morgan fingerprint density at radius 2 is 1.92 bits per heavy atom. The third kappa shape index (κ3) is 9.25. The lowest BCUT2D eigenvalue weighted by Gasteiger charge is -2.19. The van der Waals surface area contributed by atoms with Crippen LogP contribution >= 0.6 is 0 Å². The molecule has 1 amide bonds. The van der Waals surface area contributed by atoms with Crippen molar-refractivity contribution >= 4 is 16.2 Å². The number of alkyl carbamates (subject to hydrolysis) is 1. The van der Waals surface area contributed by atoms with Gasteiger partial charge in [-0.3, -0.25) is 4.18 Å². The largest absolute Gasteiger partial charge is 0.481 e. The monoisotopic (exact) mass is 374 g/mol. The molecule has 0 bridgehead atoms. The standard InChI is InChI=1S/C16H26N2O6S/c1-16(2,3)24-15(19)17-8-6-13-11-18-14(22-4)10-12(13)7-9-23-25(5,20)21/h10-11H,6-9H2,1-5H3,(H,17,19). The van der Waals surface area contributed by atoms with E-state index in [0.717, 1.165) is 17.4 Å². The summed E-state index contributed by atoms with van der Waals surface area (Å²) in [5, 5.41) is 2.68. The molecule has 0 spiro atoms. The minimum Gasteiger partial charge on any atom is -0.481 e. The van der Waals surface area contributed by atoms with Gasteiger partial charge in [0.25, 0.3) is 10.1 Å². The fourth-order valence-electron chi connectivity index (χ4n) is 1.99. The maximum Gasteiger partial charge on any atom is 0.407 e. The van der Waals surface area contributed by atoms with Crippen LogP contribution in [0, 0.1) is 0 Å². The molecular weight excluding hydrogens is 348 g/mol. The van der Waals surface area contributed by atoms with Crippen LogP contribution in [0.15, 0.2) is 12.3 Å². The lowest BCUT2D eigenvalue weighted by molar-refractivity contribution is 0.0528. The summed E-state index contributed by atoms with van der Waals surface area (Å²) in [5.41, 5.74) is 1.16. The number of amides is 1. The highest BCUT2D eigenvalue weighted by Gasteiger charge is 2.16. The van der Waals surface area contributed by atoms with Crippen LogP contribution in [0.3, 0.4) is 0 Å². The Hall–Kier alpha value is -1.87. The van der Waals surface area contributed by atoms with E-state index in [0.29, 0.717) is 25.3 Å². The first-order valence-corrected chi connectivity index (χ1v) is 9.65. The quantitative estimate of drug-likeness (QED) is 0.690. The van der Waals surface area contributed by atoms with E-state index in [-0.39, 0.29) is 6.61 Å². The molecule has 0 aromatic carbocycles. The van der Waals surface area contributed by atoms with Crippen molar-refractivity contribution in [3.8, 4) is 5.88 Å². The highest BCUT2D eigenvalue weighted by molar-refractivity contribution is 7.85. The van der Waals surface area contributed by atoms with Gasteiger partial charge < -0.3 is 14.8 Å². The first kappa shape index (κ1) is 21.2. The SMILES string of the molecule is COc1cc(CCOS(C)(=O)=O)c(CCNC(=O)OC(C)(C)C)cn1. The molecule has 0 saturated heterocycles. The van der Waals surface area contributed by atoms with Crippen molar-refractivity contribution in [3.63, 3.8) is 0 Å². The average Bonchev–Trinajstić information content (AvgIpc) is 2.45. The molecular formula is C16H26N2O6S. The Labute approximate surface area is 149 Å². The van der Waals surface area contributed by atoms with Crippen molar-refractivity contribution in [2.75, 3.05) is 26.5 Å². The van der Waals surface area contributed by atoms with Gasteiger partial charge >= 0.3 is 6.09 Å². The molecule has 0 fully saturated rings. The molecule has 0 unspecified atom stereocenters. The number of methoxy groups -OCH3 is 1. The van der Waals surface area contributed by atoms with Gasteiger partial charge in [-0.25, -0.2) is 9.78 Å². The predicted octanol–water partition coefficient (Wildman–Crippen LogP) is 1.68. The molecule has 8 nitrogen and oxygen atoms in total. The van der Waals surface area contributed by atoms with Crippen molar-refractivity contribution in [3.05, 3.63) is 23.4 Å². The third-order valence-corrected chi connectivity index (χ3v) is 3.59. The van der Waals surface area contributed by atoms with Gasteiger partial charge in [-0.05, 0) is 44.7 Å². The average molecular weight is 374 g/mol. The molecule has 1 rings (SSSR count). The van der Waals surface area contributed by atoms with Crippen LogP contribution in [0.5, 0.6) is 5.88 Å². The maximum atomic E-state index is 11.7. The summed E-state index contributed by atoms with van der Waals surface area (Å²) in [6.07, 6.45) is 3.06. The molecule has 0 saturated carbocycles. The number of nitrogens with zero attached hydrogens (tertiary/aromatic N) is 1. The van der Waals surface area contributed by atoms with Crippen molar-refractivity contribution in [2.45, 2.75) is 39.2 Å². The van der Waals surface area contributed by atoms with Crippen LogP contribution in [0.4, 0.5) is 4.79 Å². The number of nitrogens with one attached hydrogen (secondary N) is 1. The minimum absolute atomic E-state index is 0.0263. The van der Waals surface area contributed by atoms with Crippen LogP contribution in [0.2, 0.25) is 0 Å². The first-order valence-electron chi connectivity index (χ1n) is 7.83. The van der Waals surface area contributed by atoms with Gasteiger partial charge in [0.15, 0.2) is 0 Å². The van der Waals surface area contributed by atoms with Gasteiger partial charge in [0.2, 0.25) is 5.88 Å². The zero-order chi connectivity index (χ0) is 19.1. The zero-order valence-corrected chi connectivity index (χ0v) is 16.1. The molecule has 0 aliphatic carbocycles. The van der Waals surface area contributed by atoms with Gasteiger partial charge in [-0.15, -0.1) is 0 Å². The Morgan fingerprint density at radius 3 is 2.48 bits per heavy atom. The van der Waals surface area contributed by atoms with Crippen LogP contribution in [0.1, 0.15) is 31.9 Å². The Balaban J connectivity index is 2.66. The molecule has 9 heteroatoms. The normalized spacial score (nSPS) is 11.9. The van der Waals surface area contributed by atoms with Gasteiger partial charge in [0.05, 0.1) is 20.0 Å². The Bertz CT molecular complexity index is 682. The van der Waals surface area contributed by atoms with Crippen molar-refractivity contribution in [1.29, 1.82) is 0 Å². The van der Waals surface area contributed by atoms with E-state index in [9.17, 15) is 13.2 Å². The predicted molar refractivity (Wildman–Crippen MR) is 93.2 cm³/mol. The van der Waals surface area contributed by atoms with E-state index in [2.05, 4.69) is 10.3 Å². The second-order valence-corrected chi connectivity index (χ2v) is 8.09. The lowest BCUT2D eigenvalue weighted by atomic mass is 10.0. The number of carbonyl (C=O) groups is 1. The number of aromatic nitrogens is 1. The van der Waals surface area contributed by atoms with Crippen molar-refractivity contribution < 1.29 is 26.9 Å². The van der Waals surface area contributed by atoms with Gasteiger partial charge in [0.1, 0.15) is 5.60 Å². The van der Waals surface area contributed by atoms with E-state index in [1.165, 1.54) is 7.11 Å². The molecule has 1 aromatic heterocycles. The highest BCUT2D eigenvalue weighted by Crippen LogP contribution is 2.16. The Kier molecular flexibility index (Phi) is 7.62. The van der Waals surface area contributed by atoms with E-state index in [1.54, 1.807) is 33.0 Å². The van der Waals surface area contributed by atoms with Crippen molar-refractivity contribution in [1.82, 2.24) is 10.3 Å². The third-order valence-electron chi connectivity index (χ3n) is 3.00. The van der Waals surface area contributed by atoms with Crippen LogP contribution in [-0.2, 0) is 31.9 Å². The summed E-state index contributed by atoms with van der Waals surface area (Å²) < 4.78 is 37.2. The number of ether oxygens (including phenoxy) is 2. The molecule has 0 aliphatic heterocycles. The molecule has 0 aliphatic rings. The number of carbonyl (C=O) groups excluding carboxylic acids is 1. The summed E-state index contributed by atoms with van der Waals surface area (Å²) >= 11 is 0. The van der Waals surface area contributed by atoms with Crippen LogP contribution < -0.4 is 10.1 Å². The second kappa shape index (κ2) is 9.00. The van der Waals surface area contributed by atoms with Gasteiger partial charge in [0, 0.05) is 18.8 Å². The number of hydrogen-bond donors (Lipinski definition) is 1. The maximum absolute atomic E-state index is 11.7. The smallest absolute Gasteiger partial charge is 0.407 e. The second-order valence-electron chi connectivity index (χ2n) is 6.45.